The van der Waals surface area contributed by atoms with Crippen LogP contribution in [-0.4, -0.2) is 12.6 Å². The third-order valence-corrected chi connectivity index (χ3v) is 7.93. The van der Waals surface area contributed by atoms with Crippen LogP contribution in [0, 0.1) is 7.14 Å². The van der Waals surface area contributed by atoms with E-state index in [-0.39, 0.29) is 17.3 Å². The summed E-state index contributed by atoms with van der Waals surface area (Å²) in [4.78, 5) is 21.5. The van der Waals surface area contributed by atoms with E-state index in [9.17, 15) is 9.59 Å². The molecule has 1 atom stereocenters. The molecule has 6 aromatic rings. The maximum Gasteiger partial charge on any atom is 0.150 e. The van der Waals surface area contributed by atoms with Gasteiger partial charge in [0.1, 0.15) is 0 Å². The lowest BCUT2D eigenvalue weighted by Gasteiger charge is -2.03. The molecule has 0 aliphatic carbocycles. The summed E-state index contributed by atoms with van der Waals surface area (Å²) >= 11 is 4.74. The average Bonchev–Trinajstić information content (AvgIpc) is 2.94. The van der Waals surface area contributed by atoms with E-state index in [4.69, 9.17) is 11.5 Å². The number of benzene rings is 6. The van der Waals surface area contributed by atoms with Crippen LogP contribution in [0.5, 0.6) is 0 Å². The largest absolute Gasteiger partial charge is 0.398 e. The van der Waals surface area contributed by atoms with Gasteiger partial charge >= 0.3 is 0 Å². The zero-order chi connectivity index (χ0) is 27.1. The molecule has 0 saturated heterocycles. The van der Waals surface area contributed by atoms with Gasteiger partial charge in [0.2, 0.25) is 0 Å². The quantitative estimate of drug-likeness (QED) is 0.0796. The van der Waals surface area contributed by atoms with Gasteiger partial charge in [0.05, 0.1) is 0 Å². The van der Waals surface area contributed by atoms with Crippen molar-refractivity contribution in [1.82, 2.24) is 0 Å². The van der Waals surface area contributed by atoms with E-state index in [1.54, 1.807) is 24.3 Å². The van der Waals surface area contributed by atoms with Gasteiger partial charge < -0.3 is 11.5 Å². The van der Waals surface area contributed by atoms with Crippen LogP contribution in [0.4, 0.5) is 11.4 Å². The maximum atomic E-state index is 10.7. The second-order valence-electron chi connectivity index (χ2n) is 8.39. The summed E-state index contributed by atoms with van der Waals surface area (Å²) in [7, 11) is 0. The second kappa shape index (κ2) is 15.6. The summed E-state index contributed by atoms with van der Waals surface area (Å²) in [5, 5.41) is 6.41. The zero-order valence-corrected chi connectivity index (χ0v) is 26.7. The van der Waals surface area contributed by atoms with Crippen molar-refractivity contribution in [2.75, 3.05) is 11.5 Å². The minimum absolute atomic E-state index is 0. The summed E-state index contributed by atoms with van der Waals surface area (Å²) < 4.78 is 2.65. The molecular formula is C33H31I2N2O2P. The maximum absolute atomic E-state index is 10.7. The lowest BCUT2D eigenvalue weighted by Crippen LogP contribution is -1.90. The van der Waals surface area contributed by atoms with Crippen LogP contribution >= 0.6 is 55.1 Å². The fraction of sp³-hybridized carbons (Fsp3) is 0.0303. The number of rotatable bonds is 2. The SMILES string of the molecule is C.Ic1cccc2c(I)cccc12.Nc1cccc2c(N)cccc12.O=Cc1cccc2c(C=O)cccc12.P. The van der Waals surface area contributed by atoms with Crippen molar-refractivity contribution in [3.05, 3.63) is 127 Å². The number of hydrogen-bond donors (Lipinski definition) is 2. The van der Waals surface area contributed by atoms with Crippen LogP contribution in [0.15, 0.2) is 109 Å². The highest BCUT2D eigenvalue weighted by Gasteiger charge is 2.03. The van der Waals surface area contributed by atoms with Crippen molar-refractivity contribution < 1.29 is 9.59 Å². The number of hydrogen-bond acceptors (Lipinski definition) is 4. The fourth-order valence-electron chi connectivity index (χ4n) is 4.16. The van der Waals surface area contributed by atoms with Crippen molar-refractivity contribution in [3.8, 4) is 0 Å². The summed E-state index contributed by atoms with van der Waals surface area (Å²) in [5.74, 6) is 0. The topological polar surface area (TPSA) is 86.2 Å². The first-order valence-electron chi connectivity index (χ1n) is 11.7. The van der Waals surface area contributed by atoms with E-state index in [2.05, 4.69) is 81.6 Å². The standard InChI is InChI=1S/C12H8O2.C10H6I2.C10H10N2.CH4.H3P/c13-7-9-3-1-5-11-10(8-14)4-2-6-12(9)11;2*11-9-5-1-3-7-8(9)4-2-6-10(7)12;;/h1-8H;1-6H;1-6H,11-12H2;1H4;1H3. The Balaban J connectivity index is 0.000000206. The number of nitrogen functional groups attached to an aromatic ring is 2. The van der Waals surface area contributed by atoms with Crippen LogP contribution < -0.4 is 11.5 Å². The van der Waals surface area contributed by atoms with Crippen LogP contribution in [-0.2, 0) is 0 Å². The zero-order valence-electron chi connectivity index (χ0n) is 21.0. The Kier molecular flexibility index (Phi) is 13.0. The summed E-state index contributed by atoms with van der Waals surface area (Å²) in [5.41, 5.74) is 14.3. The second-order valence-corrected chi connectivity index (χ2v) is 10.7. The van der Waals surface area contributed by atoms with E-state index in [0.29, 0.717) is 11.1 Å². The van der Waals surface area contributed by atoms with E-state index < -0.39 is 0 Å². The molecule has 0 fully saturated rings. The summed E-state index contributed by atoms with van der Waals surface area (Å²) in [6.45, 7) is 0. The van der Waals surface area contributed by atoms with Gasteiger partial charge in [-0.2, -0.15) is 9.90 Å². The molecule has 6 aromatic carbocycles. The highest BCUT2D eigenvalue weighted by atomic mass is 127. The van der Waals surface area contributed by atoms with Crippen LogP contribution in [0.2, 0.25) is 0 Å². The van der Waals surface area contributed by atoms with Gasteiger partial charge in [0, 0.05) is 40.4 Å². The van der Waals surface area contributed by atoms with Gasteiger partial charge in [0.15, 0.2) is 12.6 Å². The minimum Gasteiger partial charge on any atom is -0.398 e. The molecule has 0 heterocycles. The highest BCUT2D eigenvalue weighted by molar-refractivity contribution is 14.1. The molecule has 0 aliphatic heterocycles. The Bertz CT molecular complexity index is 1560. The van der Waals surface area contributed by atoms with E-state index in [1.807, 2.05) is 48.5 Å². The predicted octanol–water partition coefficient (Wildman–Crippen LogP) is 9.21. The van der Waals surface area contributed by atoms with Crippen molar-refractivity contribution in [3.63, 3.8) is 0 Å². The number of carbonyl (C=O) groups is 2. The van der Waals surface area contributed by atoms with Crippen molar-refractivity contribution >= 4 is 111 Å². The molecule has 0 saturated carbocycles. The van der Waals surface area contributed by atoms with E-state index >= 15 is 0 Å². The molecule has 1 unspecified atom stereocenters. The molecule has 204 valence electrons. The van der Waals surface area contributed by atoms with E-state index in [0.717, 1.165) is 45.5 Å². The summed E-state index contributed by atoms with van der Waals surface area (Å²) in [6.07, 6.45) is 1.60. The molecule has 4 nitrogen and oxygen atoms in total. The smallest absolute Gasteiger partial charge is 0.150 e. The lowest BCUT2D eigenvalue weighted by atomic mass is 10.0. The Labute approximate surface area is 265 Å². The number of fused-ring (bicyclic) bond motifs is 3. The predicted molar refractivity (Wildman–Crippen MR) is 195 cm³/mol. The monoisotopic (exact) mass is 772 g/mol. The molecule has 0 aromatic heterocycles. The molecule has 4 N–H and O–H groups in total. The van der Waals surface area contributed by atoms with Crippen LogP contribution in [0.25, 0.3) is 32.3 Å². The van der Waals surface area contributed by atoms with Gasteiger partial charge in [-0.15, -0.1) is 0 Å². The van der Waals surface area contributed by atoms with Crippen LogP contribution in [0.3, 0.4) is 0 Å². The Hall–Kier alpha value is -3.07. The van der Waals surface area contributed by atoms with Crippen molar-refractivity contribution in [2.45, 2.75) is 7.43 Å². The highest BCUT2D eigenvalue weighted by Crippen LogP contribution is 2.26. The Morgan fingerprint density at radius 3 is 1.12 bits per heavy atom. The molecular weight excluding hydrogens is 741 g/mol. The van der Waals surface area contributed by atoms with Gasteiger partial charge in [-0.1, -0.05) is 92.4 Å². The number of anilines is 2. The molecule has 0 spiro atoms. The van der Waals surface area contributed by atoms with Crippen molar-refractivity contribution in [2.24, 2.45) is 0 Å². The third-order valence-electron chi connectivity index (χ3n) is 6.05. The van der Waals surface area contributed by atoms with Crippen molar-refractivity contribution in [1.29, 1.82) is 0 Å². The average molecular weight is 772 g/mol. The molecule has 0 aliphatic rings. The first kappa shape index (κ1) is 33.1. The van der Waals surface area contributed by atoms with Gasteiger partial charge in [-0.25, -0.2) is 0 Å². The number of halogens is 2. The normalized spacial score (nSPS) is 9.75. The molecule has 7 heteroatoms. The Morgan fingerprint density at radius 1 is 0.450 bits per heavy atom. The third kappa shape index (κ3) is 7.56. The van der Waals surface area contributed by atoms with Gasteiger partial charge in [0.25, 0.3) is 0 Å². The first-order valence-corrected chi connectivity index (χ1v) is 13.9. The fourth-order valence-corrected chi connectivity index (χ4v) is 5.51. The van der Waals surface area contributed by atoms with Gasteiger partial charge in [-0.3, -0.25) is 9.59 Å². The molecule has 40 heavy (non-hydrogen) atoms. The Morgan fingerprint density at radius 2 is 0.750 bits per heavy atom. The summed E-state index contributed by atoms with van der Waals surface area (Å²) in [6, 6.07) is 35.0. The number of nitrogens with two attached hydrogens (primary N) is 2. The van der Waals surface area contributed by atoms with Gasteiger partial charge in [-0.05, 0) is 91.0 Å². The van der Waals surface area contributed by atoms with E-state index in [1.165, 1.54) is 17.9 Å². The lowest BCUT2D eigenvalue weighted by molar-refractivity contribution is 0.111. The molecule has 6 rings (SSSR count). The number of carbonyl (C=O) groups excluding carboxylic acids is 2. The molecule has 0 radical (unpaired) electrons. The molecule has 0 bridgehead atoms. The van der Waals surface area contributed by atoms with Crippen LogP contribution in [0.1, 0.15) is 28.1 Å². The number of aldehydes is 2. The first-order chi connectivity index (χ1) is 18.4. The minimum atomic E-state index is 0. The molecule has 0 amide bonds.